The van der Waals surface area contributed by atoms with Crippen molar-refractivity contribution in [1.29, 1.82) is 0 Å². The van der Waals surface area contributed by atoms with E-state index in [2.05, 4.69) is 22.4 Å². The van der Waals surface area contributed by atoms with E-state index in [-0.39, 0.29) is 5.91 Å². The topological polar surface area (TPSA) is 70.8 Å². The summed E-state index contributed by atoms with van der Waals surface area (Å²) in [6, 6.07) is 9.42. The third kappa shape index (κ3) is 4.58. The Labute approximate surface area is 147 Å². The fraction of sp³-hybridized carbons (Fsp3) is 0.444. The number of methoxy groups -OCH3 is 1. The summed E-state index contributed by atoms with van der Waals surface area (Å²) in [6.45, 7) is 4.38. The zero-order chi connectivity index (χ0) is 17.6. The third-order valence-electron chi connectivity index (χ3n) is 4.29. The van der Waals surface area contributed by atoms with E-state index in [9.17, 15) is 4.79 Å². The summed E-state index contributed by atoms with van der Waals surface area (Å²) in [4.78, 5) is 16.7. The van der Waals surface area contributed by atoms with Crippen LogP contribution in [0.1, 0.15) is 21.8 Å². The lowest BCUT2D eigenvalue weighted by molar-refractivity contribution is 0.0664. The van der Waals surface area contributed by atoms with E-state index in [4.69, 9.17) is 9.26 Å². The van der Waals surface area contributed by atoms with Crippen LogP contribution in [0.3, 0.4) is 0 Å². The molecule has 1 aromatic carbocycles. The lowest BCUT2D eigenvalue weighted by Crippen LogP contribution is -2.47. The monoisotopic (exact) mass is 344 g/mol. The summed E-state index contributed by atoms with van der Waals surface area (Å²) >= 11 is 0. The van der Waals surface area contributed by atoms with Crippen molar-refractivity contribution in [3.63, 3.8) is 0 Å². The highest BCUT2D eigenvalue weighted by molar-refractivity contribution is 5.94. The van der Waals surface area contributed by atoms with Crippen LogP contribution in [0.5, 0.6) is 0 Å². The van der Waals surface area contributed by atoms with E-state index >= 15 is 0 Å². The van der Waals surface area contributed by atoms with E-state index in [1.165, 1.54) is 0 Å². The Morgan fingerprint density at radius 2 is 1.96 bits per heavy atom. The highest BCUT2D eigenvalue weighted by Crippen LogP contribution is 2.14. The normalized spacial score (nSPS) is 15.4. The average Bonchev–Trinajstić information content (AvgIpc) is 3.08. The molecule has 7 nitrogen and oxygen atoms in total. The minimum atomic E-state index is 0.0976. The summed E-state index contributed by atoms with van der Waals surface area (Å²) in [5, 5.41) is 7.25. The van der Waals surface area contributed by atoms with Crippen LogP contribution in [-0.4, -0.2) is 61.2 Å². The van der Waals surface area contributed by atoms with E-state index in [1.54, 1.807) is 7.11 Å². The average molecular weight is 344 g/mol. The first kappa shape index (κ1) is 17.4. The molecular weight excluding hydrogens is 320 g/mol. The predicted octanol–water partition coefficient (Wildman–Crippen LogP) is 1.82. The zero-order valence-corrected chi connectivity index (χ0v) is 14.7. The van der Waals surface area contributed by atoms with E-state index in [0.717, 1.165) is 43.1 Å². The minimum Gasteiger partial charge on any atom is -0.379 e. The second kappa shape index (κ2) is 8.13. The van der Waals surface area contributed by atoms with Gasteiger partial charge in [0.05, 0.1) is 6.54 Å². The molecule has 0 spiro atoms. The van der Waals surface area contributed by atoms with Gasteiger partial charge in [0.25, 0.3) is 5.91 Å². The van der Waals surface area contributed by atoms with Gasteiger partial charge in [0.15, 0.2) is 5.76 Å². The molecule has 2 aromatic rings. The van der Waals surface area contributed by atoms with Gasteiger partial charge in [-0.25, -0.2) is 0 Å². The Hall–Kier alpha value is -2.38. The van der Waals surface area contributed by atoms with E-state index in [0.29, 0.717) is 18.9 Å². The molecule has 3 rings (SSSR count). The smallest absolute Gasteiger partial charge is 0.253 e. The Bertz CT molecular complexity index is 691. The molecule has 1 aliphatic heterocycles. The maximum Gasteiger partial charge on any atom is 0.253 e. The maximum absolute atomic E-state index is 12.5. The first-order valence-corrected chi connectivity index (χ1v) is 8.41. The Kier molecular flexibility index (Phi) is 5.67. The standard InChI is InChI=1S/C18H24N4O3/c1-21-7-9-22(10-8-21)18(23)14-3-5-15(6-4-14)19-12-16-11-17(13-24-2)25-20-16/h3-6,11,19H,7-10,12-13H2,1-2H3. The van der Waals surface area contributed by atoms with Gasteiger partial charge in [-0.05, 0) is 31.3 Å². The van der Waals surface area contributed by atoms with Gasteiger partial charge in [-0.3, -0.25) is 4.79 Å². The van der Waals surface area contributed by atoms with Crippen molar-refractivity contribution in [2.75, 3.05) is 45.7 Å². The zero-order valence-electron chi connectivity index (χ0n) is 14.7. The number of piperazine rings is 1. The molecule has 0 saturated carbocycles. The van der Waals surface area contributed by atoms with Crippen LogP contribution in [0.15, 0.2) is 34.9 Å². The number of benzene rings is 1. The fourth-order valence-corrected chi connectivity index (χ4v) is 2.76. The molecule has 0 aliphatic carbocycles. The van der Waals surface area contributed by atoms with Crippen LogP contribution in [-0.2, 0) is 17.9 Å². The molecule has 7 heteroatoms. The summed E-state index contributed by atoms with van der Waals surface area (Å²) in [5.74, 6) is 0.799. The number of carbonyl (C=O) groups excluding carboxylic acids is 1. The number of amides is 1. The molecule has 134 valence electrons. The van der Waals surface area contributed by atoms with Crippen molar-refractivity contribution in [1.82, 2.24) is 15.0 Å². The first-order valence-electron chi connectivity index (χ1n) is 8.41. The number of nitrogens with one attached hydrogen (secondary N) is 1. The van der Waals surface area contributed by atoms with Gasteiger partial charge in [0, 0.05) is 50.6 Å². The maximum atomic E-state index is 12.5. The fourth-order valence-electron chi connectivity index (χ4n) is 2.76. The Balaban J connectivity index is 1.53. The lowest BCUT2D eigenvalue weighted by atomic mass is 10.1. The van der Waals surface area contributed by atoms with Crippen LogP contribution in [0.4, 0.5) is 5.69 Å². The van der Waals surface area contributed by atoms with Crippen LogP contribution < -0.4 is 5.32 Å². The molecule has 1 amide bonds. The van der Waals surface area contributed by atoms with Crippen molar-refractivity contribution >= 4 is 11.6 Å². The number of hydrogen-bond donors (Lipinski definition) is 1. The van der Waals surface area contributed by atoms with Crippen LogP contribution in [0, 0.1) is 0 Å². The van der Waals surface area contributed by atoms with Gasteiger partial charge in [-0.15, -0.1) is 0 Å². The van der Waals surface area contributed by atoms with Gasteiger partial charge < -0.3 is 24.4 Å². The molecule has 0 atom stereocenters. The van der Waals surface area contributed by atoms with Gasteiger partial charge in [0.1, 0.15) is 12.3 Å². The van der Waals surface area contributed by atoms with Gasteiger partial charge in [-0.1, -0.05) is 5.16 Å². The second-order valence-corrected chi connectivity index (χ2v) is 6.24. The van der Waals surface area contributed by atoms with Crippen molar-refractivity contribution in [2.24, 2.45) is 0 Å². The van der Waals surface area contributed by atoms with Crippen molar-refractivity contribution in [2.45, 2.75) is 13.2 Å². The molecule has 1 aliphatic rings. The van der Waals surface area contributed by atoms with E-state index in [1.807, 2.05) is 35.2 Å². The molecule has 1 N–H and O–H groups in total. The molecule has 25 heavy (non-hydrogen) atoms. The third-order valence-corrected chi connectivity index (χ3v) is 4.29. The predicted molar refractivity (Wildman–Crippen MR) is 94.4 cm³/mol. The van der Waals surface area contributed by atoms with Crippen molar-refractivity contribution < 1.29 is 14.1 Å². The van der Waals surface area contributed by atoms with Crippen LogP contribution >= 0.6 is 0 Å². The van der Waals surface area contributed by atoms with Gasteiger partial charge in [0.2, 0.25) is 0 Å². The number of carbonyl (C=O) groups is 1. The number of aromatic nitrogens is 1. The lowest BCUT2D eigenvalue weighted by Gasteiger charge is -2.32. The first-order chi connectivity index (χ1) is 12.2. The number of anilines is 1. The molecule has 1 aromatic heterocycles. The van der Waals surface area contributed by atoms with Crippen LogP contribution in [0.2, 0.25) is 0 Å². The summed E-state index contributed by atoms with van der Waals surface area (Å²) in [7, 11) is 3.70. The quantitative estimate of drug-likeness (QED) is 0.862. The largest absolute Gasteiger partial charge is 0.379 e. The summed E-state index contributed by atoms with van der Waals surface area (Å²) in [5.41, 5.74) is 2.47. The molecule has 0 unspecified atom stereocenters. The Morgan fingerprint density at radius 3 is 2.64 bits per heavy atom. The summed E-state index contributed by atoms with van der Waals surface area (Å²) < 4.78 is 10.2. The Morgan fingerprint density at radius 1 is 1.24 bits per heavy atom. The molecule has 0 bridgehead atoms. The van der Waals surface area contributed by atoms with Crippen LogP contribution in [0.25, 0.3) is 0 Å². The number of likely N-dealkylation sites (N-methyl/N-ethyl adjacent to an activating group) is 1. The molecule has 1 saturated heterocycles. The second-order valence-electron chi connectivity index (χ2n) is 6.24. The highest BCUT2D eigenvalue weighted by Gasteiger charge is 2.20. The minimum absolute atomic E-state index is 0.0976. The van der Waals surface area contributed by atoms with Gasteiger partial charge >= 0.3 is 0 Å². The highest BCUT2D eigenvalue weighted by atomic mass is 16.5. The number of rotatable bonds is 6. The van der Waals surface area contributed by atoms with Crippen molar-refractivity contribution in [3.05, 3.63) is 47.3 Å². The molecule has 0 radical (unpaired) electrons. The number of nitrogens with zero attached hydrogens (tertiary/aromatic N) is 3. The number of ether oxygens (including phenoxy) is 1. The summed E-state index contributed by atoms with van der Waals surface area (Å²) in [6.07, 6.45) is 0. The van der Waals surface area contributed by atoms with E-state index < -0.39 is 0 Å². The van der Waals surface area contributed by atoms with Crippen molar-refractivity contribution in [3.8, 4) is 0 Å². The molecule has 1 fully saturated rings. The SMILES string of the molecule is COCc1cc(CNc2ccc(C(=O)N3CCN(C)CC3)cc2)no1. The molecular formula is C18H24N4O3. The van der Waals surface area contributed by atoms with Gasteiger partial charge in [-0.2, -0.15) is 0 Å². The number of hydrogen-bond acceptors (Lipinski definition) is 6. The molecule has 2 heterocycles.